The second-order valence-electron chi connectivity index (χ2n) is 9.15. The number of carboxylic acid groups (broad SMARTS) is 1. The van der Waals surface area contributed by atoms with Crippen molar-refractivity contribution in [2.45, 2.75) is 12.8 Å². The van der Waals surface area contributed by atoms with Crippen molar-refractivity contribution in [1.82, 2.24) is 0 Å². The highest BCUT2D eigenvalue weighted by Gasteiger charge is 2.10. The van der Waals surface area contributed by atoms with Gasteiger partial charge in [-0.25, -0.2) is 14.4 Å². The first kappa shape index (κ1) is 29.6. The van der Waals surface area contributed by atoms with Crippen LogP contribution in [-0.2, 0) is 14.3 Å². The van der Waals surface area contributed by atoms with Crippen LogP contribution in [0.25, 0.3) is 22.3 Å². The molecule has 1 N–H and O–H groups in total. The van der Waals surface area contributed by atoms with Gasteiger partial charge in [0.1, 0.15) is 17.2 Å². The van der Waals surface area contributed by atoms with Crippen LogP contribution in [0.4, 0.5) is 0 Å². The third kappa shape index (κ3) is 8.82. The highest BCUT2D eigenvalue weighted by Crippen LogP contribution is 2.28. The van der Waals surface area contributed by atoms with Gasteiger partial charge < -0.3 is 24.1 Å². The summed E-state index contributed by atoms with van der Waals surface area (Å²) in [6.07, 6.45) is 2.65. The predicted molar refractivity (Wildman–Crippen MR) is 158 cm³/mol. The molecule has 0 spiro atoms. The largest absolute Gasteiger partial charge is 0.494 e. The molecule has 8 nitrogen and oxygen atoms in total. The Morgan fingerprint density at radius 1 is 0.619 bits per heavy atom. The number of hydrogen-bond donors (Lipinski definition) is 1. The Morgan fingerprint density at radius 3 is 1.60 bits per heavy atom. The van der Waals surface area contributed by atoms with E-state index in [9.17, 15) is 14.4 Å². The summed E-state index contributed by atoms with van der Waals surface area (Å²) in [4.78, 5) is 34.1. The molecule has 0 fully saturated rings. The molecule has 0 unspecified atom stereocenters. The van der Waals surface area contributed by atoms with Crippen molar-refractivity contribution < 1.29 is 38.4 Å². The van der Waals surface area contributed by atoms with Crippen LogP contribution in [0.1, 0.15) is 23.2 Å². The highest BCUT2D eigenvalue weighted by atomic mass is 16.5. The zero-order valence-corrected chi connectivity index (χ0v) is 22.9. The molecule has 42 heavy (non-hydrogen) atoms. The van der Waals surface area contributed by atoms with E-state index in [1.807, 2.05) is 60.7 Å². The van der Waals surface area contributed by atoms with Crippen molar-refractivity contribution in [3.8, 4) is 39.5 Å². The van der Waals surface area contributed by atoms with Crippen molar-refractivity contribution >= 4 is 17.9 Å². The number of carboxylic acids is 1. The smallest absolute Gasteiger partial charge is 0.343 e. The van der Waals surface area contributed by atoms with E-state index in [2.05, 4.69) is 6.58 Å². The van der Waals surface area contributed by atoms with E-state index in [-0.39, 0.29) is 0 Å². The van der Waals surface area contributed by atoms with Crippen LogP contribution in [-0.4, -0.2) is 42.8 Å². The van der Waals surface area contributed by atoms with E-state index in [0.717, 1.165) is 46.9 Å². The fraction of sp³-hybridized carbons (Fsp3) is 0.147. The first-order chi connectivity index (χ1) is 20.4. The van der Waals surface area contributed by atoms with Crippen LogP contribution in [0.5, 0.6) is 17.2 Å². The van der Waals surface area contributed by atoms with E-state index in [4.69, 9.17) is 24.1 Å². The van der Waals surface area contributed by atoms with E-state index in [1.165, 1.54) is 24.3 Å². The molecule has 0 heterocycles. The molecule has 0 aromatic heterocycles. The van der Waals surface area contributed by atoms with E-state index >= 15 is 0 Å². The zero-order valence-electron chi connectivity index (χ0n) is 22.9. The topological polar surface area (TPSA) is 108 Å². The summed E-state index contributed by atoms with van der Waals surface area (Å²) in [5, 5.41) is 8.68. The minimum absolute atomic E-state index is 0.320. The van der Waals surface area contributed by atoms with Gasteiger partial charge in [-0.15, -0.1) is 0 Å². The Labute approximate surface area is 243 Å². The summed E-state index contributed by atoms with van der Waals surface area (Å²) in [6.45, 7) is 3.80. The number of benzene rings is 4. The summed E-state index contributed by atoms with van der Waals surface area (Å²) < 4.78 is 21.3. The molecule has 4 aromatic carbocycles. The summed E-state index contributed by atoms with van der Waals surface area (Å²) in [5.41, 5.74) is 4.45. The lowest BCUT2D eigenvalue weighted by Crippen LogP contribution is -2.10. The number of unbranched alkanes of at least 4 members (excludes halogenated alkanes) is 1. The number of carbonyl (C=O) groups excluding carboxylic acids is 2. The number of aliphatic carboxylic acids is 1. The quantitative estimate of drug-likeness (QED) is 0.0788. The van der Waals surface area contributed by atoms with Crippen LogP contribution in [0.15, 0.2) is 110 Å². The molecule has 8 heteroatoms. The standard InChI is InChI=1S/C34H30O8/c1-2-33(37)40-22-4-3-21-39-29-15-9-26(10-16-29)24-5-7-25(8-6-24)27-11-19-31(20-12-27)42-34(38)28-13-17-30(18-14-28)41-23-32(35)36/h2,5-20H,1,3-4,21-23H2,(H,35,36). The van der Waals surface area contributed by atoms with Gasteiger partial charge in [-0.1, -0.05) is 55.1 Å². The van der Waals surface area contributed by atoms with Gasteiger partial charge in [-0.2, -0.15) is 0 Å². The number of rotatable bonds is 14. The third-order valence-corrected chi connectivity index (χ3v) is 6.14. The minimum atomic E-state index is -1.08. The van der Waals surface area contributed by atoms with Crippen molar-refractivity contribution in [2.24, 2.45) is 0 Å². The monoisotopic (exact) mass is 566 g/mol. The SMILES string of the molecule is C=CC(=O)OCCCCOc1ccc(-c2ccc(-c3ccc(OC(=O)c4ccc(OCC(=O)O)cc4)cc3)cc2)cc1. The molecule has 0 aliphatic carbocycles. The normalized spacial score (nSPS) is 10.4. The number of ether oxygens (including phenoxy) is 4. The van der Waals surface area contributed by atoms with Crippen LogP contribution < -0.4 is 14.2 Å². The second-order valence-corrected chi connectivity index (χ2v) is 9.15. The lowest BCUT2D eigenvalue weighted by molar-refractivity contribution is -0.139. The van der Waals surface area contributed by atoms with Gasteiger partial charge in [-0.3, -0.25) is 0 Å². The number of hydrogen-bond acceptors (Lipinski definition) is 7. The molecule has 0 saturated heterocycles. The average Bonchev–Trinajstić information content (AvgIpc) is 3.02. The van der Waals surface area contributed by atoms with E-state index in [0.29, 0.717) is 30.3 Å². The maximum Gasteiger partial charge on any atom is 0.343 e. The average molecular weight is 567 g/mol. The Hall–Kier alpha value is -5.37. The van der Waals surface area contributed by atoms with Crippen molar-refractivity contribution in [2.75, 3.05) is 19.8 Å². The minimum Gasteiger partial charge on any atom is -0.494 e. The molecular weight excluding hydrogens is 536 g/mol. The lowest BCUT2D eigenvalue weighted by Gasteiger charge is -2.09. The zero-order chi connectivity index (χ0) is 29.7. The van der Waals surface area contributed by atoms with Gasteiger partial charge in [0.15, 0.2) is 6.61 Å². The van der Waals surface area contributed by atoms with Crippen LogP contribution in [0, 0.1) is 0 Å². The van der Waals surface area contributed by atoms with Gasteiger partial charge in [-0.05, 0) is 83.6 Å². The van der Waals surface area contributed by atoms with Crippen molar-refractivity contribution in [3.63, 3.8) is 0 Å². The Morgan fingerprint density at radius 2 is 1.07 bits per heavy atom. The Kier molecular flexibility index (Phi) is 10.5. The molecule has 214 valence electrons. The van der Waals surface area contributed by atoms with Crippen LogP contribution in [0.2, 0.25) is 0 Å². The van der Waals surface area contributed by atoms with Crippen LogP contribution in [0.3, 0.4) is 0 Å². The van der Waals surface area contributed by atoms with E-state index in [1.54, 1.807) is 12.1 Å². The maximum atomic E-state index is 12.5. The molecule has 0 amide bonds. The highest BCUT2D eigenvalue weighted by molar-refractivity contribution is 5.91. The lowest BCUT2D eigenvalue weighted by atomic mass is 10.0. The summed E-state index contributed by atoms with van der Waals surface area (Å²) in [5.74, 6) is -0.481. The third-order valence-electron chi connectivity index (χ3n) is 6.14. The number of esters is 2. The fourth-order valence-corrected chi connectivity index (χ4v) is 3.94. The molecule has 4 rings (SSSR count). The predicted octanol–water partition coefficient (Wildman–Crippen LogP) is 6.59. The molecular formula is C34H30O8. The van der Waals surface area contributed by atoms with Gasteiger partial charge in [0.25, 0.3) is 0 Å². The summed E-state index contributed by atoms with van der Waals surface area (Å²) in [7, 11) is 0. The molecule has 0 aliphatic heterocycles. The first-order valence-electron chi connectivity index (χ1n) is 13.3. The maximum absolute atomic E-state index is 12.5. The summed E-state index contributed by atoms with van der Waals surface area (Å²) >= 11 is 0. The fourth-order valence-electron chi connectivity index (χ4n) is 3.94. The van der Waals surface area contributed by atoms with Crippen molar-refractivity contribution in [3.05, 3.63) is 115 Å². The first-order valence-corrected chi connectivity index (χ1v) is 13.3. The van der Waals surface area contributed by atoms with E-state index < -0.39 is 24.5 Å². The van der Waals surface area contributed by atoms with Gasteiger partial charge in [0.05, 0.1) is 18.8 Å². The second kappa shape index (κ2) is 14.9. The molecule has 0 atom stereocenters. The van der Waals surface area contributed by atoms with Crippen molar-refractivity contribution in [1.29, 1.82) is 0 Å². The molecule has 0 radical (unpaired) electrons. The summed E-state index contributed by atoms with van der Waals surface area (Å²) in [6, 6.07) is 29.4. The van der Waals surface area contributed by atoms with Gasteiger partial charge in [0.2, 0.25) is 0 Å². The Balaban J connectivity index is 1.26. The molecule has 0 bridgehead atoms. The molecule has 4 aromatic rings. The molecule has 0 saturated carbocycles. The Bertz CT molecular complexity index is 1490. The van der Waals surface area contributed by atoms with Gasteiger partial charge in [0, 0.05) is 6.08 Å². The molecule has 0 aliphatic rings. The van der Waals surface area contributed by atoms with Gasteiger partial charge >= 0.3 is 17.9 Å². The number of carbonyl (C=O) groups is 3. The van der Waals surface area contributed by atoms with Crippen LogP contribution >= 0.6 is 0 Å².